The Morgan fingerprint density at radius 3 is 2.54 bits per heavy atom. The van der Waals surface area contributed by atoms with Crippen molar-refractivity contribution in [3.05, 3.63) is 70.0 Å². The topological polar surface area (TPSA) is 127 Å². The smallest absolute Gasteiger partial charge is 0.329 e. The zero-order chi connectivity index (χ0) is 17.4. The first-order chi connectivity index (χ1) is 11.6. The highest BCUT2D eigenvalue weighted by atomic mass is 16.6. The summed E-state index contributed by atoms with van der Waals surface area (Å²) in [6, 6.07) is 10.8. The van der Waals surface area contributed by atoms with Crippen LogP contribution in [0.15, 0.2) is 53.8 Å². The maximum atomic E-state index is 11.6. The number of carbonyl (C=O) groups excluding carboxylic acids is 2. The number of hydrazone groups is 1. The number of benzene rings is 1. The molecule has 1 heterocycles. The maximum Gasteiger partial charge on any atom is 0.329 e. The lowest BCUT2D eigenvalue weighted by Gasteiger charge is -2.03. The Morgan fingerprint density at radius 2 is 1.92 bits per heavy atom. The molecule has 0 aliphatic heterocycles. The first kappa shape index (κ1) is 16.7. The molecule has 2 N–H and O–H groups in total. The lowest BCUT2D eigenvalue weighted by Crippen LogP contribution is -2.37. The van der Waals surface area contributed by atoms with Crippen molar-refractivity contribution < 1.29 is 14.5 Å². The Kier molecular flexibility index (Phi) is 5.67. The van der Waals surface area contributed by atoms with Gasteiger partial charge in [0, 0.05) is 18.3 Å². The summed E-state index contributed by atoms with van der Waals surface area (Å²) in [6.45, 7) is 0.124. The van der Waals surface area contributed by atoms with Gasteiger partial charge in [-0.2, -0.15) is 5.10 Å². The molecule has 2 amide bonds. The Hall–Kier alpha value is -3.62. The van der Waals surface area contributed by atoms with Crippen LogP contribution in [-0.2, 0) is 16.1 Å². The van der Waals surface area contributed by atoms with Crippen molar-refractivity contribution in [3.8, 4) is 0 Å². The minimum Gasteiger partial charge on any atom is -0.342 e. The monoisotopic (exact) mass is 327 g/mol. The first-order valence-corrected chi connectivity index (χ1v) is 6.82. The van der Waals surface area contributed by atoms with E-state index in [1.54, 1.807) is 24.4 Å². The summed E-state index contributed by atoms with van der Waals surface area (Å²) in [6.07, 6.45) is 2.85. The molecule has 24 heavy (non-hydrogen) atoms. The highest BCUT2D eigenvalue weighted by molar-refractivity contribution is 6.35. The Morgan fingerprint density at radius 1 is 1.17 bits per heavy atom. The van der Waals surface area contributed by atoms with E-state index in [0.717, 1.165) is 0 Å². The number of carbonyl (C=O) groups is 2. The third-order valence-corrected chi connectivity index (χ3v) is 2.85. The number of amides is 2. The minimum atomic E-state index is -0.927. The minimum absolute atomic E-state index is 0.0508. The van der Waals surface area contributed by atoms with Gasteiger partial charge in [0.15, 0.2) is 0 Å². The quantitative estimate of drug-likeness (QED) is 0.363. The molecular weight excluding hydrogens is 314 g/mol. The first-order valence-electron chi connectivity index (χ1n) is 6.82. The van der Waals surface area contributed by atoms with Gasteiger partial charge < -0.3 is 5.32 Å². The molecule has 0 bridgehead atoms. The fraction of sp³-hybridized carbons (Fsp3) is 0.0667. The molecule has 9 heteroatoms. The van der Waals surface area contributed by atoms with Gasteiger partial charge in [0.25, 0.3) is 5.69 Å². The summed E-state index contributed by atoms with van der Waals surface area (Å²) in [5.41, 5.74) is 3.17. The van der Waals surface area contributed by atoms with Crippen LogP contribution >= 0.6 is 0 Å². The average molecular weight is 327 g/mol. The molecule has 2 aromatic rings. The molecule has 9 nitrogen and oxygen atoms in total. The van der Waals surface area contributed by atoms with E-state index in [4.69, 9.17) is 0 Å². The van der Waals surface area contributed by atoms with Crippen LogP contribution in [0, 0.1) is 10.1 Å². The zero-order valence-electron chi connectivity index (χ0n) is 12.4. The van der Waals surface area contributed by atoms with Gasteiger partial charge in [0.05, 0.1) is 23.4 Å². The lowest BCUT2D eigenvalue weighted by atomic mass is 10.2. The Bertz CT molecular complexity index is 759. The standard InChI is InChI=1S/C15H13N5O4/c21-14(17-10-12-3-1-2-8-16-12)15(22)19-18-9-11-4-6-13(7-5-11)20(23)24/h1-9H,10H2,(H,17,21)(H,19,22). The molecule has 0 aliphatic carbocycles. The van der Waals surface area contributed by atoms with E-state index in [2.05, 4.69) is 20.8 Å². The van der Waals surface area contributed by atoms with Gasteiger partial charge in [-0.1, -0.05) is 6.07 Å². The maximum absolute atomic E-state index is 11.6. The number of hydrogen-bond donors (Lipinski definition) is 2. The van der Waals surface area contributed by atoms with Crippen LogP contribution in [-0.4, -0.2) is 27.9 Å². The number of nitro groups is 1. The van der Waals surface area contributed by atoms with E-state index >= 15 is 0 Å². The number of pyridine rings is 1. The van der Waals surface area contributed by atoms with E-state index in [1.165, 1.54) is 30.5 Å². The molecule has 0 aliphatic rings. The van der Waals surface area contributed by atoms with Gasteiger partial charge in [0.2, 0.25) is 0 Å². The number of nitrogens with zero attached hydrogens (tertiary/aromatic N) is 3. The van der Waals surface area contributed by atoms with Crippen molar-refractivity contribution in [2.45, 2.75) is 6.54 Å². The number of hydrogen-bond acceptors (Lipinski definition) is 6. The van der Waals surface area contributed by atoms with Crippen LogP contribution in [0.4, 0.5) is 5.69 Å². The summed E-state index contributed by atoms with van der Waals surface area (Å²) in [5.74, 6) is -1.77. The lowest BCUT2D eigenvalue weighted by molar-refractivity contribution is -0.384. The van der Waals surface area contributed by atoms with Gasteiger partial charge in [-0.15, -0.1) is 0 Å². The van der Waals surface area contributed by atoms with Gasteiger partial charge in [-0.3, -0.25) is 24.7 Å². The molecular formula is C15H13N5O4. The molecule has 0 unspecified atom stereocenters. The molecule has 0 radical (unpaired) electrons. The summed E-state index contributed by atoms with van der Waals surface area (Å²) < 4.78 is 0. The molecule has 0 fully saturated rings. The average Bonchev–Trinajstić information content (AvgIpc) is 2.61. The summed E-state index contributed by atoms with van der Waals surface area (Å²) >= 11 is 0. The van der Waals surface area contributed by atoms with Crippen LogP contribution in [0.1, 0.15) is 11.3 Å². The van der Waals surface area contributed by atoms with Crippen molar-refractivity contribution >= 4 is 23.7 Å². The van der Waals surface area contributed by atoms with Crippen molar-refractivity contribution in [3.63, 3.8) is 0 Å². The van der Waals surface area contributed by atoms with Crippen LogP contribution in [0.25, 0.3) is 0 Å². The summed E-state index contributed by atoms with van der Waals surface area (Å²) in [4.78, 5) is 37.1. The van der Waals surface area contributed by atoms with Gasteiger partial charge in [0.1, 0.15) is 0 Å². The second-order valence-electron chi connectivity index (χ2n) is 4.55. The second kappa shape index (κ2) is 8.13. The van der Waals surface area contributed by atoms with E-state index < -0.39 is 16.7 Å². The van der Waals surface area contributed by atoms with Crippen LogP contribution in [0.2, 0.25) is 0 Å². The number of rotatable bonds is 5. The summed E-state index contributed by atoms with van der Waals surface area (Å²) in [7, 11) is 0. The second-order valence-corrected chi connectivity index (χ2v) is 4.55. The highest BCUT2D eigenvalue weighted by Gasteiger charge is 2.12. The van der Waals surface area contributed by atoms with Crippen LogP contribution < -0.4 is 10.7 Å². The summed E-state index contributed by atoms with van der Waals surface area (Å²) in [5, 5.41) is 16.5. The van der Waals surface area contributed by atoms with Crippen LogP contribution in [0.3, 0.4) is 0 Å². The van der Waals surface area contributed by atoms with Crippen molar-refractivity contribution in [2.24, 2.45) is 5.10 Å². The van der Waals surface area contributed by atoms with E-state index in [1.807, 2.05) is 0 Å². The molecule has 1 aromatic carbocycles. The molecule has 1 aromatic heterocycles. The highest BCUT2D eigenvalue weighted by Crippen LogP contribution is 2.10. The number of aromatic nitrogens is 1. The molecule has 0 atom stereocenters. The number of nitrogens with one attached hydrogen (secondary N) is 2. The van der Waals surface area contributed by atoms with E-state index in [0.29, 0.717) is 11.3 Å². The van der Waals surface area contributed by atoms with Crippen molar-refractivity contribution in [2.75, 3.05) is 0 Å². The van der Waals surface area contributed by atoms with E-state index in [9.17, 15) is 19.7 Å². The molecule has 0 saturated carbocycles. The van der Waals surface area contributed by atoms with Crippen molar-refractivity contribution in [1.29, 1.82) is 0 Å². The van der Waals surface area contributed by atoms with Gasteiger partial charge in [-0.05, 0) is 29.8 Å². The normalized spacial score (nSPS) is 10.3. The SMILES string of the molecule is O=C(NCc1ccccn1)C(=O)NN=Cc1ccc([N+](=O)[O-])cc1. The number of non-ortho nitro benzene ring substituents is 1. The molecule has 122 valence electrons. The largest absolute Gasteiger partial charge is 0.342 e. The molecule has 2 rings (SSSR count). The van der Waals surface area contributed by atoms with Crippen molar-refractivity contribution in [1.82, 2.24) is 15.7 Å². The number of nitro benzene ring substituents is 1. The van der Waals surface area contributed by atoms with Gasteiger partial charge >= 0.3 is 11.8 Å². The molecule has 0 saturated heterocycles. The Labute approximate surface area is 136 Å². The fourth-order valence-corrected chi connectivity index (χ4v) is 1.65. The third kappa shape index (κ3) is 4.98. The van der Waals surface area contributed by atoms with Crippen LogP contribution in [0.5, 0.6) is 0 Å². The van der Waals surface area contributed by atoms with Gasteiger partial charge in [-0.25, -0.2) is 5.43 Å². The third-order valence-electron chi connectivity index (χ3n) is 2.85. The predicted octanol–water partition coefficient (Wildman–Crippen LogP) is 0.756. The fourth-order valence-electron chi connectivity index (χ4n) is 1.65. The predicted molar refractivity (Wildman–Crippen MR) is 84.9 cm³/mol. The van der Waals surface area contributed by atoms with E-state index in [-0.39, 0.29) is 12.2 Å². The molecule has 0 spiro atoms. The Balaban J connectivity index is 1.81. The zero-order valence-corrected chi connectivity index (χ0v) is 12.4.